The van der Waals surface area contributed by atoms with Crippen molar-refractivity contribution in [3.63, 3.8) is 0 Å². The smallest absolute Gasteiger partial charge is 0.297 e. The van der Waals surface area contributed by atoms with Gasteiger partial charge in [-0.1, -0.05) is 0 Å². The zero-order valence-corrected chi connectivity index (χ0v) is 14.4. The summed E-state index contributed by atoms with van der Waals surface area (Å²) in [4.78, 5) is 19.1. The molecule has 1 aliphatic heterocycles. The summed E-state index contributed by atoms with van der Waals surface area (Å²) >= 11 is 0. The fraction of sp³-hybridized carbons (Fsp3) is 0.529. The van der Waals surface area contributed by atoms with Crippen molar-refractivity contribution in [1.82, 2.24) is 10.3 Å². The van der Waals surface area contributed by atoms with Crippen molar-refractivity contribution in [2.24, 2.45) is 5.41 Å². The Labute approximate surface area is 141 Å². The standard InChI is InChI=1S/C17H24N4O3/c1-21(2)16-20-13-10-12(4-5-14(13)24-16)19-15(22)17(11-23-3)6-8-18-9-7-17/h4-5,10,18H,6-9,11H2,1-3H3,(H,19,22). The fourth-order valence-corrected chi connectivity index (χ4v) is 3.07. The molecule has 3 rings (SSSR count). The Bertz CT molecular complexity index is 714. The van der Waals surface area contributed by atoms with E-state index in [0.29, 0.717) is 18.2 Å². The molecular formula is C17H24N4O3. The van der Waals surface area contributed by atoms with Gasteiger partial charge in [0.15, 0.2) is 5.58 Å². The van der Waals surface area contributed by atoms with E-state index in [1.54, 1.807) is 12.0 Å². The summed E-state index contributed by atoms with van der Waals surface area (Å²) in [5.41, 5.74) is 1.67. The van der Waals surface area contributed by atoms with Crippen molar-refractivity contribution in [1.29, 1.82) is 0 Å². The van der Waals surface area contributed by atoms with Gasteiger partial charge in [0.05, 0.1) is 12.0 Å². The summed E-state index contributed by atoms with van der Waals surface area (Å²) in [6.07, 6.45) is 1.54. The number of piperidine rings is 1. The van der Waals surface area contributed by atoms with E-state index >= 15 is 0 Å². The second-order valence-electron chi connectivity index (χ2n) is 6.49. The van der Waals surface area contributed by atoms with Crippen molar-refractivity contribution in [3.8, 4) is 0 Å². The lowest BCUT2D eigenvalue weighted by atomic mass is 9.78. The first-order valence-electron chi connectivity index (χ1n) is 8.13. The maximum Gasteiger partial charge on any atom is 0.297 e. The highest BCUT2D eigenvalue weighted by Gasteiger charge is 2.39. The summed E-state index contributed by atoms with van der Waals surface area (Å²) < 4.78 is 11.0. The van der Waals surface area contributed by atoms with Gasteiger partial charge in [0.1, 0.15) is 5.52 Å². The number of methoxy groups -OCH3 is 1. The monoisotopic (exact) mass is 332 g/mol. The third-order valence-electron chi connectivity index (χ3n) is 4.48. The van der Waals surface area contributed by atoms with Crippen LogP contribution in [0, 0.1) is 5.41 Å². The van der Waals surface area contributed by atoms with Crippen LogP contribution in [0.25, 0.3) is 11.1 Å². The number of benzene rings is 1. The minimum atomic E-state index is -0.479. The van der Waals surface area contributed by atoms with E-state index in [0.717, 1.165) is 37.1 Å². The Morgan fingerprint density at radius 3 is 2.83 bits per heavy atom. The topological polar surface area (TPSA) is 79.6 Å². The molecular weight excluding hydrogens is 308 g/mol. The Kier molecular flexibility index (Phi) is 4.73. The molecule has 24 heavy (non-hydrogen) atoms. The van der Waals surface area contributed by atoms with Gasteiger partial charge in [-0.3, -0.25) is 4.79 Å². The van der Waals surface area contributed by atoms with Gasteiger partial charge in [-0.25, -0.2) is 0 Å². The van der Waals surface area contributed by atoms with Gasteiger partial charge >= 0.3 is 0 Å². The molecule has 2 heterocycles. The van der Waals surface area contributed by atoms with Crippen LogP contribution in [0.2, 0.25) is 0 Å². The molecule has 1 aromatic heterocycles. The third-order valence-corrected chi connectivity index (χ3v) is 4.48. The van der Waals surface area contributed by atoms with Gasteiger partial charge in [0, 0.05) is 26.9 Å². The predicted molar refractivity (Wildman–Crippen MR) is 93.4 cm³/mol. The first-order valence-corrected chi connectivity index (χ1v) is 8.13. The highest BCUT2D eigenvalue weighted by Crippen LogP contribution is 2.31. The summed E-state index contributed by atoms with van der Waals surface area (Å²) in [6, 6.07) is 6.05. The number of carbonyl (C=O) groups is 1. The number of hydrogen-bond donors (Lipinski definition) is 2. The summed E-state index contributed by atoms with van der Waals surface area (Å²) in [5, 5.41) is 6.32. The molecule has 0 aliphatic carbocycles. The van der Waals surface area contributed by atoms with Crippen molar-refractivity contribution in [2.45, 2.75) is 12.8 Å². The highest BCUT2D eigenvalue weighted by molar-refractivity contribution is 5.97. The van der Waals surface area contributed by atoms with Gasteiger partial charge in [0.25, 0.3) is 6.01 Å². The number of oxazole rings is 1. The van der Waals surface area contributed by atoms with Gasteiger partial charge in [-0.15, -0.1) is 0 Å². The van der Waals surface area contributed by atoms with Gasteiger partial charge < -0.3 is 24.7 Å². The summed E-state index contributed by atoms with van der Waals surface area (Å²) in [7, 11) is 5.39. The third kappa shape index (κ3) is 3.22. The summed E-state index contributed by atoms with van der Waals surface area (Å²) in [5.74, 6) is 0.00141. The summed E-state index contributed by atoms with van der Waals surface area (Å²) in [6.45, 7) is 2.08. The maximum absolute atomic E-state index is 12.9. The normalized spacial score (nSPS) is 17.0. The molecule has 0 radical (unpaired) electrons. The average Bonchev–Trinajstić information content (AvgIpc) is 2.99. The van der Waals surface area contributed by atoms with Gasteiger partial charge in [0.2, 0.25) is 5.91 Å². The van der Waals surface area contributed by atoms with Crippen LogP contribution >= 0.6 is 0 Å². The van der Waals surface area contributed by atoms with Crippen LogP contribution in [0.4, 0.5) is 11.7 Å². The molecule has 1 amide bonds. The number of rotatable bonds is 5. The number of amides is 1. The zero-order chi connectivity index (χ0) is 17.2. The molecule has 0 bridgehead atoms. The van der Waals surface area contributed by atoms with E-state index in [9.17, 15) is 4.79 Å². The van der Waals surface area contributed by atoms with E-state index in [1.807, 2.05) is 32.3 Å². The number of ether oxygens (including phenoxy) is 1. The maximum atomic E-state index is 12.9. The zero-order valence-electron chi connectivity index (χ0n) is 14.4. The van der Waals surface area contributed by atoms with Crippen LogP contribution in [0.15, 0.2) is 22.6 Å². The van der Waals surface area contributed by atoms with Crippen LogP contribution < -0.4 is 15.5 Å². The predicted octanol–water partition coefficient (Wildman–Crippen LogP) is 1.85. The molecule has 1 aromatic carbocycles. The largest absolute Gasteiger partial charge is 0.423 e. The van der Waals surface area contributed by atoms with Crippen LogP contribution in [-0.4, -0.2) is 51.8 Å². The number of fused-ring (bicyclic) bond motifs is 1. The number of hydrogen-bond acceptors (Lipinski definition) is 6. The van der Waals surface area contributed by atoms with E-state index < -0.39 is 5.41 Å². The quantitative estimate of drug-likeness (QED) is 0.870. The number of anilines is 2. The van der Waals surface area contributed by atoms with E-state index in [4.69, 9.17) is 9.15 Å². The fourth-order valence-electron chi connectivity index (χ4n) is 3.07. The average molecular weight is 332 g/mol. The minimum Gasteiger partial charge on any atom is -0.423 e. The number of carbonyl (C=O) groups excluding carboxylic acids is 1. The molecule has 2 N–H and O–H groups in total. The number of aromatic nitrogens is 1. The molecule has 1 fully saturated rings. The van der Waals surface area contributed by atoms with Gasteiger partial charge in [-0.05, 0) is 44.1 Å². The van der Waals surface area contributed by atoms with Gasteiger partial charge in [-0.2, -0.15) is 4.98 Å². The molecule has 0 atom stereocenters. The SMILES string of the molecule is COCC1(C(=O)Nc2ccc3oc(N(C)C)nc3c2)CCNCC1. The molecule has 130 valence electrons. The Morgan fingerprint density at radius 1 is 1.42 bits per heavy atom. The van der Waals surface area contributed by atoms with Crippen LogP contribution in [0.3, 0.4) is 0 Å². The first kappa shape index (κ1) is 16.7. The molecule has 0 saturated carbocycles. The van der Waals surface area contributed by atoms with Crippen molar-refractivity contribution in [3.05, 3.63) is 18.2 Å². The van der Waals surface area contributed by atoms with Crippen molar-refractivity contribution in [2.75, 3.05) is 51.1 Å². The molecule has 7 heteroatoms. The molecule has 0 spiro atoms. The van der Waals surface area contributed by atoms with E-state index in [2.05, 4.69) is 15.6 Å². The number of nitrogens with one attached hydrogen (secondary N) is 2. The molecule has 7 nitrogen and oxygen atoms in total. The number of nitrogens with zero attached hydrogens (tertiary/aromatic N) is 2. The lowest BCUT2D eigenvalue weighted by molar-refractivity contribution is -0.130. The minimum absolute atomic E-state index is 0.00141. The first-order chi connectivity index (χ1) is 11.5. The van der Waals surface area contributed by atoms with Crippen molar-refractivity contribution < 1.29 is 13.9 Å². The Morgan fingerprint density at radius 2 is 2.17 bits per heavy atom. The molecule has 0 unspecified atom stereocenters. The van der Waals surface area contributed by atoms with Crippen LogP contribution in [0.1, 0.15) is 12.8 Å². The molecule has 1 aliphatic rings. The Balaban J connectivity index is 1.81. The van der Waals surface area contributed by atoms with Crippen LogP contribution in [-0.2, 0) is 9.53 Å². The Hall–Kier alpha value is -2.12. The highest BCUT2D eigenvalue weighted by atomic mass is 16.5. The second kappa shape index (κ2) is 6.78. The lowest BCUT2D eigenvalue weighted by Crippen LogP contribution is -2.47. The van der Waals surface area contributed by atoms with Crippen LogP contribution in [0.5, 0.6) is 0 Å². The second-order valence-corrected chi connectivity index (χ2v) is 6.49. The van der Waals surface area contributed by atoms with Crippen molar-refractivity contribution >= 4 is 28.7 Å². The molecule has 1 saturated heterocycles. The van der Waals surface area contributed by atoms with E-state index in [1.165, 1.54) is 0 Å². The molecule has 2 aromatic rings. The van der Waals surface area contributed by atoms with E-state index in [-0.39, 0.29) is 5.91 Å². The lowest BCUT2D eigenvalue weighted by Gasteiger charge is -2.35.